The Balaban J connectivity index is 1.80. The van der Waals surface area contributed by atoms with Crippen molar-refractivity contribution in [1.29, 1.82) is 0 Å². The molecule has 1 saturated heterocycles. The standard InChI is InChI=1S/C11H22N2O3S/c14-9-11-2-1-7-13(8-11)17(15,16)12-6-5-10-3-4-10/h10-12,14H,1-9H2. The maximum atomic E-state index is 12.0. The molecule has 0 bridgehead atoms. The van der Waals surface area contributed by atoms with Gasteiger partial charge in [-0.15, -0.1) is 0 Å². The van der Waals surface area contributed by atoms with Gasteiger partial charge in [-0.25, -0.2) is 4.72 Å². The minimum absolute atomic E-state index is 0.0775. The minimum atomic E-state index is -3.32. The van der Waals surface area contributed by atoms with Crippen molar-refractivity contribution in [2.45, 2.75) is 32.1 Å². The Morgan fingerprint density at radius 2 is 2.00 bits per heavy atom. The Morgan fingerprint density at radius 3 is 2.65 bits per heavy atom. The van der Waals surface area contributed by atoms with E-state index in [-0.39, 0.29) is 12.5 Å². The summed E-state index contributed by atoms with van der Waals surface area (Å²) in [5.41, 5.74) is 0. The van der Waals surface area contributed by atoms with Gasteiger partial charge in [-0.3, -0.25) is 0 Å². The van der Waals surface area contributed by atoms with Crippen LogP contribution < -0.4 is 4.72 Å². The zero-order valence-corrected chi connectivity index (χ0v) is 11.0. The lowest BCUT2D eigenvalue weighted by Crippen LogP contribution is -2.46. The van der Waals surface area contributed by atoms with E-state index >= 15 is 0 Å². The Hall–Kier alpha value is -0.170. The average Bonchev–Trinajstić information content (AvgIpc) is 3.13. The quantitative estimate of drug-likeness (QED) is 0.724. The number of rotatable bonds is 6. The molecule has 1 unspecified atom stereocenters. The van der Waals surface area contributed by atoms with Crippen LogP contribution in [0, 0.1) is 11.8 Å². The highest BCUT2D eigenvalue weighted by Gasteiger charge is 2.29. The molecule has 100 valence electrons. The molecule has 2 rings (SSSR count). The Kier molecular flexibility index (Phi) is 4.41. The maximum Gasteiger partial charge on any atom is 0.279 e. The Labute approximate surface area is 103 Å². The zero-order valence-electron chi connectivity index (χ0n) is 10.1. The summed E-state index contributed by atoms with van der Waals surface area (Å²) in [6.07, 6.45) is 5.21. The third-order valence-corrected chi connectivity index (χ3v) is 5.19. The molecular weight excluding hydrogens is 240 g/mol. The van der Waals surface area contributed by atoms with Crippen LogP contribution in [0.25, 0.3) is 0 Å². The molecule has 0 aromatic carbocycles. The van der Waals surface area contributed by atoms with Gasteiger partial charge in [0.15, 0.2) is 0 Å². The Morgan fingerprint density at radius 1 is 1.24 bits per heavy atom. The molecule has 1 saturated carbocycles. The molecule has 2 fully saturated rings. The third-order valence-electron chi connectivity index (χ3n) is 3.61. The van der Waals surface area contributed by atoms with Crippen molar-refractivity contribution in [3.05, 3.63) is 0 Å². The van der Waals surface area contributed by atoms with Crippen molar-refractivity contribution >= 4 is 10.2 Å². The largest absolute Gasteiger partial charge is 0.396 e. The number of piperidine rings is 1. The zero-order chi connectivity index (χ0) is 12.3. The first-order valence-electron chi connectivity index (χ1n) is 6.47. The van der Waals surface area contributed by atoms with Crippen molar-refractivity contribution in [2.75, 3.05) is 26.2 Å². The summed E-state index contributed by atoms with van der Waals surface area (Å²) < 4.78 is 28.1. The second-order valence-corrected chi connectivity index (χ2v) is 6.94. The number of aliphatic hydroxyl groups excluding tert-OH is 1. The van der Waals surface area contributed by atoms with E-state index < -0.39 is 10.2 Å². The van der Waals surface area contributed by atoms with Gasteiger partial charge in [-0.1, -0.05) is 12.8 Å². The maximum absolute atomic E-state index is 12.0. The molecule has 2 aliphatic rings. The van der Waals surface area contributed by atoms with Crippen molar-refractivity contribution in [3.63, 3.8) is 0 Å². The predicted molar refractivity (Wildman–Crippen MR) is 65.6 cm³/mol. The van der Waals surface area contributed by atoms with E-state index in [1.54, 1.807) is 0 Å². The first kappa shape index (κ1) is 13.3. The van der Waals surface area contributed by atoms with Crippen LogP contribution in [0.2, 0.25) is 0 Å². The SMILES string of the molecule is O=S(=O)(NCCC1CC1)N1CCCC(CO)C1. The van der Waals surface area contributed by atoms with Gasteiger partial charge < -0.3 is 5.11 Å². The van der Waals surface area contributed by atoms with Crippen LogP contribution in [0.5, 0.6) is 0 Å². The molecule has 0 spiro atoms. The molecular formula is C11H22N2O3S. The number of nitrogens with zero attached hydrogens (tertiary/aromatic N) is 1. The van der Waals surface area contributed by atoms with Gasteiger partial charge in [0.2, 0.25) is 0 Å². The highest BCUT2D eigenvalue weighted by Crippen LogP contribution is 2.31. The first-order valence-corrected chi connectivity index (χ1v) is 7.91. The molecule has 1 heterocycles. The summed E-state index contributed by atoms with van der Waals surface area (Å²) in [6, 6.07) is 0. The molecule has 1 aliphatic carbocycles. The van der Waals surface area contributed by atoms with Gasteiger partial charge in [0.1, 0.15) is 0 Å². The van der Waals surface area contributed by atoms with Crippen molar-refractivity contribution < 1.29 is 13.5 Å². The van der Waals surface area contributed by atoms with E-state index in [9.17, 15) is 8.42 Å². The van der Waals surface area contributed by atoms with Gasteiger partial charge in [-0.2, -0.15) is 12.7 Å². The molecule has 0 amide bonds. The average molecular weight is 262 g/mol. The van der Waals surface area contributed by atoms with Crippen LogP contribution in [0.15, 0.2) is 0 Å². The van der Waals surface area contributed by atoms with Crippen LogP contribution in [-0.4, -0.2) is 44.1 Å². The molecule has 0 radical (unpaired) electrons. The van der Waals surface area contributed by atoms with Crippen LogP contribution >= 0.6 is 0 Å². The number of aliphatic hydroxyl groups is 1. The van der Waals surface area contributed by atoms with E-state index in [1.165, 1.54) is 17.1 Å². The van der Waals surface area contributed by atoms with Gasteiger partial charge in [0.05, 0.1) is 0 Å². The second-order valence-electron chi connectivity index (χ2n) is 5.18. The molecule has 0 aromatic rings. The van der Waals surface area contributed by atoms with Gasteiger partial charge in [0, 0.05) is 26.2 Å². The Bertz CT molecular complexity index is 341. The van der Waals surface area contributed by atoms with E-state index in [4.69, 9.17) is 5.11 Å². The fraction of sp³-hybridized carbons (Fsp3) is 1.00. The molecule has 1 atom stereocenters. The third kappa shape index (κ3) is 3.91. The van der Waals surface area contributed by atoms with Crippen LogP contribution in [-0.2, 0) is 10.2 Å². The molecule has 17 heavy (non-hydrogen) atoms. The lowest BCUT2D eigenvalue weighted by Gasteiger charge is -2.30. The normalized spacial score (nSPS) is 27.2. The molecule has 6 heteroatoms. The van der Waals surface area contributed by atoms with Gasteiger partial charge in [0.25, 0.3) is 10.2 Å². The monoisotopic (exact) mass is 262 g/mol. The van der Waals surface area contributed by atoms with E-state index in [2.05, 4.69) is 4.72 Å². The number of nitrogens with one attached hydrogen (secondary N) is 1. The predicted octanol–water partition coefficient (Wildman–Crippen LogP) is 0.325. The summed E-state index contributed by atoms with van der Waals surface area (Å²) in [7, 11) is -3.32. The second kappa shape index (κ2) is 5.65. The van der Waals surface area contributed by atoms with E-state index in [0.29, 0.717) is 19.6 Å². The van der Waals surface area contributed by atoms with Gasteiger partial charge >= 0.3 is 0 Å². The fourth-order valence-electron chi connectivity index (χ4n) is 2.28. The van der Waals surface area contributed by atoms with Crippen molar-refractivity contribution in [1.82, 2.24) is 9.03 Å². The topological polar surface area (TPSA) is 69.6 Å². The lowest BCUT2D eigenvalue weighted by molar-refractivity contribution is 0.165. The van der Waals surface area contributed by atoms with Crippen molar-refractivity contribution in [2.24, 2.45) is 11.8 Å². The number of hydrogen-bond acceptors (Lipinski definition) is 3. The van der Waals surface area contributed by atoms with Crippen LogP contribution in [0.3, 0.4) is 0 Å². The summed E-state index contributed by atoms with van der Waals surface area (Å²) in [6.45, 7) is 1.66. The summed E-state index contributed by atoms with van der Waals surface area (Å²) in [4.78, 5) is 0. The summed E-state index contributed by atoms with van der Waals surface area (Å²) in [5, 5.41) is 9.09. The van der Waals surface area contributed by atoms with E-state index in [0.717, 1.165) is 25.2 Å². The molecule has 0 aromatic heterocycles. The smallest absolute Gasteiger partial charge is 0.279 e. The minimum Gasteiger partial charge on any atom is -0.396 e. The van der Waals surface area contributed by atoms with Crippen molar-refractivity contribution in [3.8, 4) is 0 Å². The lowest BCUT2D eigenvalue weighted by atomic mass is 10.0. The molecule has 1 aliphatic heterocycles. The van der Waals surface area contributed by atoms with Gasteiger partial charge in [-0.05, 0) is 31.1 Å². The molecule has 5 nitrogen and oxygen atoms in total. The van der Waals surface area contributed by atoms with Crippen LogP contribution in [0.1, 0.15) is 32.1 Å². The molecule has 2 N–H and O–H groups in total. The summed E-state index contributed by atoms with van der Waals surface area (Å²) >= 11 is 0. The summed E-state index contributed by atoms with van der Waals surface area (Å²) in [5.74, 6) is 0.841. The highest BCUT2D eigenvalue weighted by molar-refractivity contribution is 7.87. The van der Waals surface area contributed by atoms with E-state index in [1.807, 2.05) is 0 Å². The number of hydrogen-bond donors (Lipinski definition) is 2. The highest BCUT2D eigenvalue weighted by atomic mass is 32.2. The fourth-order valence-corrected chi connectivity index (χ4v) is 3.62. The van der Waals surface area contributed by atoms with Crippen LogP contribution in [0.4, 0.5) is 0 Å². The first-order chi connectivity index (χ1) is 8.12.